The summed E-state index contributed by atoms with van der Waals surface area (Å²) in [5, 5.41) is 10.1. The van der Waals surface area contributed by atoms with E-state index in [1.807, 2.05) is 51.1 Å². The maximum absolute atomic E-state index is 12.1. The van der Waals surface area contributed by atoms with Crippen molar-refractivity contribution in [1.29, 1.82) is 0 Å². The zero-order valence-corrected chi connectivity index (χ0v) is 13.5. The van der Waals surface area contributed by atoms with Gasteiger partial charge in [-0.25, -0.2) is 0 Å². The standard InChI is InChI=1S/C17H21NO2S/c1-4-10-18-21(20)14-8-9-15(13(3)11-14)17-12(2)6-5-7-16(17)19/h5-9,11,18-19H,4,10H2,1-3H3. The van der Waals surface area contributed by atoms with Crippen LogP contribution in [0.25, 0.3) is 11.1 Å². The second kappa shape index (κ2) is 6.98. The normalized spacial score (nSPS) is 12.4. The molecule has 2 aromatic rings. The summed E-state index contributed by atoms with van der Waals surface area (Å²) >= 11 is -1.18. The van der Waals surface area contributed by atoms with Crippen LogP contribution in [0.5, 0.6) is 5.75 Å². The van der Waals surface area contributed by atoms with Gasteiger partial charge in [0.2, 0.25) is 0 Å². The third kappa shape index (κ3) is 3.59. The van der Waals surface area contributed by atoms with Gasteiger partial charge in [0, 0.05) is 12.1 Å². The molecule has 0 spiro atoms. The summed E-state index contributed by atoms with van der Waals surface area (Å²) in [6, 6.07) is 11.2. The first-order chi connectivity index (χ1) is 10.0. The Morgan fingerprint density at radius 2 is 1.90 bits per heavy atom. The van der Waals surface area contributed by atoms with Crippen molar-refractivity contribution in [1.82, 2.24) is 4.72 Å². The van der Waals surface area contributed by atoms with Crippen molar-refractivity contribution < 1.29 is 9.66 Å². The smallest absolute Gasteiger partial charge is 0.174 e. The van der Waals surface area contributed by atoms with E-state index >= 15 is 0 Å². The number of benzene rings is 2. The maximum atomic E-state index is 12.1. The Kier molecular flexibility index (Phi) is 5.28. The molecule has 2 aromatic carbocycles. The summed E-state index contributed by atoms with van der Waals surface area (Å²) in [4.78, 5) is 0.762. The number of rotatable bonds is 5. The molecule has 0 radical (unpaired) electrons. The van der Waals surface area contributed by atoms with Crippen LogP contribution in [0.1, 0.15) is 24.5 Å². The minimum Gasteiger partial charge on any atom is -0.593 e. The highest BCUT2D eigenvalue weighted by Gasteiger charge is 2.15. The van der Waals surface area contributed by atoms with Gasteiger partial charge < -0.3 is 9.66 Å². The van der Waals surface area contributed by atoms with E-state index in [-0.39, 0.29) is 5.75 Å². The molecule has 2 N–H and O–H groups in total. The summed E-state index contributed by atoms with van der Waals surface area (Å²) in [5.41, 5.74) is 3.84. The van der Waals surface area contributed by atoms with Gasteiger partial charge in [-0.1, -0.05) is 19.1 Å². The molecule has 2 rings (SSSR count). The molecule has 0 aromatic heterocycles. The zero-order valence-electron chi connectivity index (χ0n) is 12.6. The lowest BCUT2D eigenvalue weighted by Crippen LogP contribution is -2.24. The fourth-order valence-electron chi connectivity index (χ4n) is 2.31. The predicted octanol–water partition coefficient (Wildman–Crippen LogP) is 3.70. The quantitative estimate of drug-likeness (QED) is 0.828. The topological polar surface area (TPSA) is 55.3 Å². The third-order valence-corrected chi connectivity index (χ3v) is 4.56. The Morgan fingerprint density at radius 1 is 1.14 bits per heavy atom. The molecule has 3 nitrogen and oxygen atoms in total. The van der Waals surface area contributed by atoms with Crippen LogP contribution >= 0.6 is 0 Å². The van der Waals surface area contributed by atoms with E-state index in [9.17, 15) is 9.66 Å². The highest BCUT2D eigenvalue weighted by molar-refractivity contribution is 7.89. The van der Waals surface area contributed by atoms with Crippen LogP contribution < -0.4 is 4.72 Å². The van der Waals surface area contributed by atoms with Crippen LogP contribution in [0.15, 0.2) is 41.3 Å². The predicted molar refractivity (Wildman–Crippen MR) is 87.7 cm³/mol. The van der Waals surface area contributed by atoms with Crippen molar-refractivity contribution in [2.24, 2.45) is 0 Å². The molecule has 0 bridgehead atoms. The van der Waals surface area contributed by atoms with Crippen LogP contribution in [-0.4, -0.2) is 16.2 Å². The number of nitrogens with one attached hydrogen (secondary N) is 1. The van der Waals surface area contributed by atoms with E-state index in [0.29, 0.717) is 0 Å². The number of aromatic hydroxyl groups is 1. The molecular weight excluding hydrogens is 282 g/mol. The summed E-state index contributed by atoms with van der Waals surface area (Å²) in [5.74, 6) is 0.274. The Hall–Kier alpha value is -1.49. The minimum absolute atomic E-state index is 0.274. The first-order valence-electron chi connectivity index (χ1n) is 7.09. The van der Waals surface area contributed by atoms with E-state index in [4.69, 9.17) is 0 Å². The van der Waals surface area contributed by atoms with Gasteiger partial charge in [-0.05, 0) is 61.2 Å². The average Bonchev–Trinajstić information content (AvgIpc) is 2.46. The molecule has 4 heteroatoms. The van der Waals surface area contributed by atoms with Gasteiger partial charge in [0.1, 0.15) is 5.75 Å². The molecule has 0 aliphatic carbocycles. The van der Waals surface area contributed by atoms with Crippen molar-refractivity contribution in [3.05, 3.63) is 47.5 Å². The molecule has 0 aliphatic heterocycles. The van der Waals surface area contributed by atoms with E-state index < -0.39 is 11.4 Å². The highest BCUT2D eigenvalue weighted by atomic mass is 32.2. The number of aryl methyl sites for hydroxylation is 2. The van der Waals surface area contributed by atoms with Gasteiger partial charge in [-0.3, -0.25) is 0 Å². The third-order valence-electron chi connectivity index (χ3n) is 3.42. The summed E-state index contributed by atoms with van der Waals surface area (Å²) in [6.07, 6.45) is 0.944. The Bertz CT molecular complexity index is 608. The SMILES string of the molecule is CCCN[S+]([O-])c1ccc(-c2c(C)cccc2O)c(C)c1. The van der Waals surface area contributed by atoms with E-state index in [1.54, 1.807) is 6.07 Å². The molecule has 0 heterocycles. The van der Waals surface area contributed by atoms with Gasteiger partial charge in [0.05, 0.1) is 11.4 Å². The maximum Gasteiger partial charge on any atom is 0.174 e. The average molecular weight is 303 g/mol. The molecule has 21 heavy (non-hydrogen) atoms. The Balaban J connectivity index is 2.36. The zero-order chi connectivity index (χ0) is 15.4. The molecule has 1 unspecified atom stereocenters. The molecule has 112 valence electrons. The van der Waals surface area contributed by atoms with Gasteiger partial charge in [0.15, 0.2) is 4.90 Å². The van der Waals surface area contributed by atoms with Gasteiger partial charge in [-0.2, -0.15) is 0 Å². The van der Waals surface area contributed by atoms with Crippen molar-refractivity contribution in [2.75, 3.05) is 6.54 Å². The molecule has 0 saturated heterocycles. The van der Waals surface area contributed by atoms with Gasteiger partial charge in [-0.15, -0.1) is 4.72 Å². The second-order valence-corrected chi connectivity index (χ2v) is 6.41. The highest BCUT2D eigenvalue weighted by Crippen LogP contribution is 2.35. The van der Waals surface area contributed by atoms with Crippen LogP contribution in [0.3, 0.4) is 0 Å². The lowest BCUT2D eigenvalue weighted by molar-refractivity contribution is 0.477. The van der Waals surface area contributed by atoms with E-state index in [0.717, 1.165) is 40.1 Å². The monoisotopic (exact) mass is 303 g/mol. The second-order valence-electron chi connectivity index (χ2n) is 5.11. The van der Waals surface area contributed by atoms with Crippen molar-refractivity contribution in [3.63, 3.8) is 0 Å². The number of hydrogen-bond donors (Lipinski definition) is 2. The Labute approximate surface area is 129 Å². The number of hydrogen-bond acceptors (Lipinski definition) is 3. The first-order valence-corrected chi connectivity index (χ1v) is 8.24. The molecule has 0 fully saturated rings. The van der Waals surface area contributed by atoms with Crippen molar-refractivity contribution in [3.8, 4) is 16.9 Å². The van der Waals surface area contributed by atoms with Crippen molar-refractivity contribution in [2.45, 2.75) is 32.1 Å². The number of phenols is 1. The molecule has 1 atom stereocenters. The van der Waals surface area contributed by atoms with Crippen LogP contribution in [-0.2, 0) is 11.4 Å². The number of phenolic OH excluding ortho intramolecular Hbond substituents is 1. The van der Waals surface area contributed by atoms with Crippen molar-refractivity contribution >= 4 is 11.4 Å². The fraction of sp³-hybridized carbons (Fsp3) is 0.294. The van der Waals surface area contributed by atoms with Crippen LogP contribution in [0.4, 0.5) is 0 Å². The summed E-state index contributed by atoms with van der Waals surface area (Å²) in [7, 11) is 0. The largest absolute Gasteiger partial charge is 0.593 e. The van der Waals surface area contributed by atoms with Gasteiger partial charge >= 0.3 is 0 Å². The fourth-order valence-corrected chi connectivity index (χ4v) is 3.34. The summed E-state index contributed by atoms with van der Waals surface area (Å²) < 4.78 is 15.1. The lowest BCUT2D eigenvalue weighted by atomic mass is 9.96. The van der Waals surface area contributed by atoms with Crippen LogP contribution in [0.2, 0.25) is 0 Å². The molecular formula is C17H21NO2S. The first kappa shape index (κ1) is 15.9. The summed E-state index contributed by atoms with van der Waals surface area (Å²) in [6.45, 7) is 6.72. The van der Waals surface area contributed by atoms with Crippen LogP contribution in [0, 0.1) is 13.8 Å². The minimum atomic E-state index is -1.18. The van der Waals surface area contributed by atoms with Gasteiger partial charge in [0.25, 0.3) is 0 Å². The molecule has 0 aliphatic rings. The molecule has 0 saturated carbocycles. The van der Waals surface area contributed by atoms with E-state index in [1.165, 1.54) is 0 Å². The lowest BCUT2D eigenvalue weighted by Gasteiger charge is -2.14. The Morgan fingerprint density at radius 3 is 2.52 bits per heavy atom. The molecule has 0 amide bonds. The van der Waals surface area contributed by atoms with E-state index in [2.05, 4.69) is 4.72 Å².